The van der Waals surface area contributed by atoms with Crippen LogP contribution >= 0.6 is 0 Å². The van der Waals surface area contributed by atoms with Gasteiger partial charge in [-0.2, -0.15) is 16.8 Å². The number of carboxylic acid groups (broad SMARTS) is 2. The lowest BCUT2D eigenvalue weighted by atomic mass is 10.2. The standard InChI is InChI=1S/C5H6O10S2/c6-4(7)2-3(5(8)9)15-17(12,13)1-16(10,11)14-2/h2-3H,1H2,(H,6,7)(H,8,9). The van der Waals surface area contributed by atoms with Crippen LogP contribution in [0.5, 0.6) is 0 Å². The molecule has 0 aromatic rings. The maximum absolute atomic E-state index is 11.0. The summed E-state index contributed by atoms with van der Waals surface area (Å²) >= 11 is 0. The fourth-order valence-electron chi connectivity index (χ4n) is 0.990. The summed E-state index contributed by atoms with van der Waals surface area (Å²) in [5, 5.41) is 15.5. The molecule has 0 saturated carbocycles. The van der Waals surface area contributed by atoms with Gasteiger partial charge in [-0.3, -0.25) is 8.37 Å². The van der Waals surface area contributed by atoms with Crippen LogP contribution in [0, 0.1) is 0 Å². The van der Waals surface area contributed by atoms with Crippen molar-refractivity contribution in [3.63, 3.8) is 0 Å². The maximum Gasteiger partial charge on any atom is 0.337 e. The Morgan fingerprint density at radius 2 is 1.18 bits per heavy atom. The summed E-state index contributed by atoms with van der Waals surface area (Å²) in [6, 6.07) is 0. The molecule has 1 aliphatic heterocycles. The molecule has 17 heavy (non-hydrogen) atoms. The molecule has 0 amide bonds. The van der Waals surface area contributed by atoms with Gasteiger partial charge in [-0.15, -0.1) is 0 Å². The lowest BCUT2D eigenvalue weighted by Gasteiger charge is -2.14. The van der Waals surface area contributed by atoms with E-state index in [1.165, 1.54) is 0 Å². The third-order valence-electron chi connectivity index (χ3n) is 1.55. The van der Waals surface area contributed by atoms with Crippen LogP contribution in [0.4, 0.5) is 0 Å². The van der Waals surface area contributed by atoms with Gasteiger partial charge in [-0.1, -0.05) is 0 Å². The second kappa shape index (κ2) is 4.21. The maximum atomic E-state index is 11.0. The molecule has 1 heterocycles. The molecule has 12 heteroatoms. The normalized spacial score (nSPS) is 31.3. The molecule has 1 fully saturated rings. The minimum absolute atomic E-state index is 1.65. The zero-order valence-corrected chi connectivity index (χ0v) is 9.47. The summed E-state index contributed by atoms with van der Waals surface area (Å²) in [4.78, 5) is 21.2. The third-order valence-corrected chi connectivity index (χ3v) is 4.86. The molecular formula is C5H6O10S2. The van der Waals surface area contributed by atoms with E-state index in [0.717, 1.165) is 0 Å². The van der Waals surface area contributed by atoms with Crippen molar-refractivity contribution in [2.24, 2.45) is 0 Å². The molecule has 1 rings (SSSR count). The second-order valence-electron chi connectivity index (χ2n) is 2.94. The van der Waals surface area contributed by atoms with Crippen LogP contribution in [0.25, 0.3) is 0 Å². The molecule has 0 radical (unpaired) electrons. The monoisotopic (exact) mass is 290 g/mol. The first-order valence-corrected chi connectivity index (χ1v) is 6.97. The highest BCUT2D eigenvalue weighted by Crippen LogP contribution is 2.19. The smallest absolute Gasteiger partial charge is 0.337 e. The van der Waals surface area contributed by atoms with Crippen LogP contribution in [0.2, 0.25) is 0 Å². The van der Waals surface area contributed by atoms with Gasteiger partial charge in [0.2, 0.25) is 17.3 Å². The number of hydrogen-bond acceptors (Lipinski definition) is 8. The average Bonchev–Trinajstić information content (AvgIpc) is 2.17. The Balaban J connectivity index is 3.30. The Morgan fingerprint density at radius 3 is 1.41 bits per heavy atom. The van der Waals surface area contributed by atoms with Gasteiger partial charge in [0, 0.05) is 0 Å². The summed E-state index contributed by atoms with van der Waals surface area (Å²) in [7, 11) is -9.49. The quantitative estimate of drug-likeness (QED) is 0.522. The van der Waals surface area contributed by atoms with E-state index >= 15 is 0 Å². The van der Waals surface area contributed by atoms with Crippen molar-refractivity contribution in [3.8, 4) is 0 Å². The topological polar surface area (TPSA) is 161 Å². The van der Waals surface area contributed by atoms with E-state index in [-0.39, 0.29) is 0 Å². The van der Waals surface area contributed by atoms with Crippen LogP contribution < -0.4 is 0 Å². The Hall–Kier alpha value is -1.24. The van der Waals surface area contributed by atoms with E-state index in [1.54, 1.807) is 0 Å². The van der Waals surface area contributed by atoms with Crippen molar-refractivity contribution in [1.29, 1.82) is 0 Å². The molecular weight excluding hydrogens is 284 g/mol. The van der Waals surface area contributed by atoms with E-state index in [2.05, 4.69) is 8.37 Å². The first-order chi connectivity index (χ1) is 7.54. The minimum atomic E-state index is -4.74. The molecule has 1 saturated heterocycles. The highest BCUT2D eigenvalue weighted by molar-refractivity contribution is 8.03. The van der Waals surface area contributed by atoms with Gasteiger partial charge in [0.1, 0.15) is 0 Å². The van der Waals surface area contributed by atoms with Crippen molar-refractivity contribution in [2.45, 2.75) is 12.2 Å². The van der Waals surface area contributed by atoms with Gasteiger partial charge in [-0.25, -0.2) is 9.59 Å². The Morgan fingerprint density at radius 1 is 0.882 bits per heavy atom. The molecule has 0 aliphatic carbocycles. The summed E-state index contributed by atoms with van der Waals surface area (Å²) < 4.78 is 52.0. The van der Waals surface area contributed by atoms with Gasteiger partial charge in [0.25, 0.3) is 20.2 Å². The number of hydrogen-bond donors (Lipinski definition) is 2. The number of carboxylic acids is 2. The summed E-state index contributed by atoms with van der Waals surface area (Å²) in [6.07, 6.45) is -4.93. The molecule has 10 nitrogen and oxygen atoms in total. The third kappa shape index (κ3) is 3.36. The van der Waals surface area contributed by atoms with E-state index in [9.17, 15) is 26.4 Å². The Kier molecular flexibility index (Phi) is 3.42. The molecule has 2 atom stereocenters. The van der Waals surface area contributed by atoms with Crippen molar-refractivity contribution >= 4 is 32.2 Å². The summed E-state index contributed by atoms with van der Waals surface area (Å²) in [5.74, 6) is -3.95. The van der Waals surface area contributed by atoms with E-state index in [4.69, 9.17) is 10.2 Å². The molecule has 2 N–H and O–H groups in total. The van der Waals surface area contributed by atoms with Gasteiger partial charge < -0.3 is 10.2 Å². The largest absolute Gasteiger partial charge is 0.479 e. The van der Waals surface area contributed by atoms with Gasteiger partial charge >= 0.3 is 11.9 Å². The van der Waals surface area contributed by atoms with Crippen molar-refractivity contribution < 1.29 is 45.0 Å². The van der Waals surface area contributed by atoms with Crippen molar-refractivity contribution in [2.75, 3.05) is 5.08 Å². The first-order valence-electron chi connectivity index (χ1n) is 3.81. The van der Waals surface area contributed by atoms with Gasteiger partial charge in [0.05, 0.1) is 0 Å². The molecule has 0 spiro atoms. The first kappa shape index (κ1) is 13.8. The Labute approximate surface area is 95.0 Å². The molecule has 0 bridgehead atoms. The number of aliphatic carboxylic acids is 2. The van der Waals surface area contributed by atoms with Crippen molar-refractivity contribution in [3.05, 3.63) is 0 Å². The Bertz CT molecular complexity index is 491. The van der Waals surface area contributed by atoms with E-state index in [1.807, 2.05) is 0 Å². The summed E-state index contributed by atoms with van der Waals surface area (Å²) in [5.41, 5.74) is 0. The lowest BCUT2D eigenvalue weighted by Crippen LogP contribution is -2.43. The zero-order chi connectivity index (χ0) is 13.4. The van der Waals surface area contributed by atoms with Crippen LogP contribution in [-0.4, -0.2) is 56.3 Å². The van der Waals surface area contributed by atoms with Crippen LogP contribution in [0.3, 0.4) is 0 Å². The highest BCUT2D eigenvalue weighted by atomic mass is 32.3. The predicted molar refractivity (Wildman–Crippen MR) is 47.7 cm³/mol. The number of rotatable bonds is 2. The van der Waals surface area contributed by atoms with E-state index < -0.39 is 49.5 Å². The zero-order valence-electron chi connectivity index (χ0n) is 7.84. The van der Waals surface area contributed by atoms with E-state index in [0.29, 0.717) is 0 Å². The van der Waals surface area contributed by atoms with Crippen molar-refractivity contribution in [1.82, 2.24) is 0 Å². The lowest BCUT2D eigenvalue weighted by molar-refractivity contribution is -0.160. The van der Waals surface area contributed by atoms with Gasteiger partial charge in [0.15, 0.2) is 0 Å². The highest BCUT2D eigenvalue weighted by Gasteiger charge is 2.47. The fraction of sp³-hybridized carbons (Fsp3) is 0.600. The van der Waals surface area contributed by atoms with Crippen LogP contribution in [-0.2, 0) is 38.2 Å². The minimum Gasteiger partial charge on any atom is -0.479 e. The molecule has 1 aliphatic rings. The SMILES string of the molecule is O=C(O)C1OS(=O)(=O)CS(=O)(=O)OC1C(=O)O. The summed E-state index contributed by atoms with van der Waals surface area (Å²) in [6.45, 7) is 0. The van der Waals surface area contributed by atoms with Crippen LogP contribution in [0.1, 0.15) is 0 Å². The van der Waals surface area contributed by atoms with Crippen LogP contribution in [0.15, 0.2) is 0 Å². The molecule has 2 unspecified atom stereocenters. The predicted octanol–water partition coefficient (Wildman–Crippen LogP) is -2.44. The molecule has 0 aromatic carbocycles. The molecule has 0 aromatic heterocycles. The second-order valence-corrected chi connectivity index (χ2v) is 6.50. The molecule has 98 valence electrons. The number of carbonyl (C=O) groups is 2. The van der Waals surface area contributed by atoms with Gasteiger partial charge in [-0.05, 0) is 0 Å². The fourth-order valence-corrected chi connectivity index (χ4v) is 3.85. The average molecular weight is 290 g/mol.